The third-order valence-corrected chi connectivity index (χ3v) is 4.02. The van der Waals surface area contributed by atoms with Crippen LogP contribution >= 0.6 is 0 Å². The van der Waals surface area contributed by atoms with E-state index < -0.39 is 0 Å². The Morgan fingerprint density at radius 1 is 1.12 bits per heavy atom. The van der Waals surface area contributed by atoms with Crippen LogP contribution in [0.1, 0.15) is 5.69 Å². The van der Waals surface area contributed by atoms with Gasteiger partial charge in [-0.15, -0.1) is 0 Å². The second-order valence-electron chi connectivity index (χ2n) is 5.64. The lowest BCUT2D eigenvalue weighted by Crippen LogP contribution is -2.27. The van der Waals surface area contributed by atoms with Crippen LogP contribution in [0.2, 0.25) is 0 Å². The first kappa shape index (κ1) is 15.1. The number of carbonyl (C=O) groups is 1. The molecule has 3 aromatic heterocycles. The molecule has 4 aromatic rings. The summed E-state index contributed by atoms with van der Waals surface area (Å²) in [5.41, 5.74) is 3.29. The second-order valence-corrected chi connectivity index (χ2v) is 5.64. The molecule has 6 nitrogen and oxygen atoms in total. The monoisotopic (exact) mass is 332 g/mol. The van der Waals surface area contributed by atoms with Crippen LogP contribution in [0.5, 0.6) is 0 Å². The smallest absolute Gasteiger partial charge is 0.240 e. The van der Waals surface area contributed by atoms with Crippen LogP contribution in [0, 0.1) is 0 Å². The van der Waals surface area contributed by atoms with Gasteiger partial charge in [-0.2, -0.15) is 0 Å². The average molecular weight is 332 g/mol. The van der Waals surface area contributed by atoms with Crippen molar-refractivity contribution in [2.45, 2.75) is 13.1 Å². The molecule has 25 heavy (non-hydrogen) atoms. The van der Waals surface area contributed by atoms with Gasteiger partial charge in [0.05, 0.1) is 30.5 Å². The first-order chi connectivity index (χ1) is 12.3. The highest BCUT2D eigenvalue weighted by Crippen LogP contribution is 2.20. The van der Waals surface area contributed by atoms with Crippen LogP contribution in [-0.2, 0) is 17.9 Å². The molecule has 6 heteroatoms. The van der Waals surface area contributed by atoms with Gasteiger partial charge in [-0.25, -0.2) is 0 Å². The Morgan fingerprint density at radius 3 is 2.88 bits per heavy atom. The van der Waals surface area contributed by atoms with Crippen molar-refractivity contribution in [3.05, 3.63) is 73.2 Å². The van der Waals surface area contributed by atoms with Gasteiger partial charge in [0.1, 0.15) is 6.54 Å². The molecule has 0 spiro atoms. The predicted octanol–water partition coefficient (Wildman–Crippen LogP) is 3.01. The SMILES string of the molecule is O=C(Cn1ccc2ccccc21)NCc1nccnc1-c1ccoc1. The zero-order valence-electron chi connectivity index (χ0n) is 13.4. The molecule has 4 rings (SSSR count). The van der Waals surface area contributed by atoms with Crippen molar-refractivity contribution in [3.63, 3.8) is 0 Å². The highest BCUT2D eigenvalue weighted by molar-refractivity contribution is 5.83. The Kier molecular flexibility index (Phi) is 4.00. The fourth-order valence-electron chi connectivity index (χ4n) is 2.81. The number of carbonyl (C=O) groups excluding carboxylic acids is 1. The van der Waals surface area contributed by atoms with Crippen molar-refractivity contribution in [2.75, 3.05) is 0 Å². The molecule has 0 radical (unpaired) electrons. The van der Waals surface area contributed by atoms with E-state index in [1.165, 1.54) is 0 Å². The molecule has 124 valence electrons. The molecule has 0 aliphatic rings. The molecule has 0 aliphatic carbocycles. The summed E-state index contributed by atoms with van der Waals surface area (Å²) in [6, 6.07) is 11.8. The van der Waals surface area contributed by atoms with E-state index in [1.807, 2.05) is 47.2 Å². The minimum absolute atomic E-state index is 0.0786. The Hall–Kier alpha value is -3.41. The van der Waals surface area contributed by atoms with E-state index in [0.29, 0.717) is 17.9 Å². The Labute approximate surface area is 144 Å². The summed E-state index contributed by atoms with van der Waals surface area (Å²) in [5, 5.41) is 4.03. The third kappa shape index (κ3) is 3.14. The van der Waals surface area contributed by atoms with Crippen molar-refractivity contribution >= 4 is 16.8 Å². The number of benzene rings is 1. The maximum absolute atomic E-state index is 12.3. The molecular formula is C19H16N4O2. The van der Waals surface area contributed by atoms with Gasteiger partial charge in [-0.05, 0) is 23.6 Å². The molecule has 0 bridgehead atoms. The molecule has 0 aliphatic heterocycles. The van der Waals surface area contributed by atoms with Crippen molar-refractivity contribution in [1.82, 2.24) is 19.9 Å². The van der Waals surface area contributed by atoms with E-state index in [4.69, 9.17) is 4.42 Å². The summed E-state index contributed by atoms with van der Waals surface area (Å²) < 4.78 is 7.03. The number of aromatic nitrogens is 3. The third-order valence-electron chi connectivity index (χ3n) is 4.02. The maximum atomic E-state index is 12.3. The van der Waals surface area contributed by atoms with Crippen LogP contribution in [0.4, 0.5) is 0 Å². The number of para-hydroxylation sites is 1. The first-order valence-electron chi connectivity index (χ1n) is 7.94. The molecular weight excluding hydrogens is 316 g/mol. The molecule has 0 atom stereocenters. The van der Waals surface area contributed by atoms with E-state index in [2.05, 4.69) is 15.3 Å². The highest BCUT2D eigenvalue weighted by atomic mass is 16.3. The standard InChI is InChI=1S/C19H16N4O2/c24-18(12-23-9-5-14-3-1-2-4-17(14)23)22-11-16-19(21-8-7-20-16)15-6-10-25-13-15/h1-10,13H,11-12H2,(H,22,24). The molecule has 3 heterocycles. The largest absolute Gasteiger partial charge is 0.472 e. The lowest BCUT2D eigenvalue weighted by atomic mass is 10.2. The highest BCUT2D eigenvalue weighted by Gasteiger charge is 2.11. The minimum Gasteiger partial charge on any atom is -0.472 e. The van der Waals surface area contributed by atoms with Crippen LogP contribution in [0.15, 0.2) is 71.9 Å². The fourth-order valence-corrected chi connectivity index (χ4v) is 2.81. The Balaban J connectivity index is 1.46. The van der Waals surface area contributed by atoms with Crippen molar-refractivity contribution < 1.29 is 9.21 Å². The van der Waals surface area contributed by atoms with Crippen molar-refractivity contribution in [1.29, 1.82) is 0 Å². The van der Waals surface area contributed by atoms with Crippen LogP contribution < -0.4 is 5.32 Å². The van der Waals surface area contributed by atoms with Gasteiger partial charge in [0, 0.05) is 29.7 Å². The fraction of sp³-hybridized carbons (Fsp3) is 0.105. The Bertz CT molecular complexity index is 1010. The topological polar surface area (TPSA) is 73.0 Å². The van der Waals surface area contributed by atoms with E-state index in [0.717, 1.165) is 16.5 Å². The molecule has 0 saturated heterocycles. The van der Waals surface area contributed by atoms with Gasteiger partial charge in [-0.1, -0.05) is 18.2 Å². The van der Waals surface area contributed by atoms with Gasteiger partial charge < -0.3 is 14.3 Å². The number of amides is 1. The summed E-state index contributed by atoms with van der Waals surface area (Å²) in [5.74, 6) is -0.0786. The van der Waals surface area contributed by atoms with Crippen molar-refractivity contribution in [3.8, 4) is 11.3 Å². The van der Waals surface area contributed by atoms with E-state index in [-0.39, 0.29) is 12.5 Å². The minimum atomic E-state index is -0.0786. The maximum Gasteiger partial charge on any atom is 0.240 e. The number of hydrogen-bond acceptors (Lipinski definition) is 4. The van der Waals surface area contributed by atoms with E-state index in [1.54, 1.807) is 24.9 Å². The molecule has 0 unspecified atom stereocenters. The quantitative estimate of drug-likeness (QED) is 0.610. The first-order valence-corrected chi connectivity index (χ1v) is 7.94. The Morgan fingerprint density at radius 2 is 2.00 bits per heavy atom. The summed E-state index contributed by atoms with van der Waals surface area (Å²) in [4.78, 5) is 21.0. The van der Waals surface area contributed by atoms with Crippen LogP contribution in [-0.4, -0.2) is 20.4 Å². The zero-order chi connectivity index (χ0) is 17.1. The number of rotatable bonds is 5. The number of hydrogen-bond donors (Lipinski definition) is 1. The predicted molar refractivity (Wildman–Crippen MR) is 93.5 cm³/mol. The van der Waals surface area contributed by atoms with Gasteiger partial charge in [0.2, 0.25) is 5.91 Å². The summed E-state index contributed by atoms with van der Waals surface area (Å²) in [6.07, 6.45) is 8.36. The molecule has 0 fully saturated rings. The lowest BCUT2D eigenvalue weighted by Gasteiger charge is -2.09. The molecule has 1 amide bonds. The number of fused-ring (bicyclic) bond motifs is 1. The van der Waals surface area contributed by atoms with Crippen molar-refractivity contribution in [2.24, 2.45) is 0 Å². The van der Waals surface area contributed by atoms with Gasteiger partial charge in [-0.3, -0.25) is 14.8 Å². The number of nitrogens with zero attached hydrogens (tertiary/aromatic N) is 3. The number of nitrogens with one attached hydrogen (secondary N) is 1. The summed E-state index contributed by atoms with van der Waals surface area (Å²) in [6.45, 7) is 0.571. The zero-order valence-corrected chi connectivity index (χ0v) is 13.4. The summed E-state index contributed by atoms with van der Waals surface area (Å²) in [7, 11) is 0. The average Bonchev–Trinajstić information content (AvgIpc) is 3.31. The normalized spacial score (nSPS) is 10.9. The lowest BCUT2D eigenvalue weighted by molar-refractivity contribution is -0.121. The number of furan rings is 1. The van der Waals surface area contributed by atoms with Gasteiger partial charge in [0.25, 0.3) is 0 Å². The molecule has 1 aromatic carbocycles. The van der Waals surface area contributed by atoms with E-state index in [9.17, 15) is 4.79 Å². The van der Waals surface area contributed by atoms with E-state index >= 15 is 0 Å². The molecule has 0 saturated carbocycles. The second kappa shape index (κ2) is 6.60. The van der Waals surface area contributed by atoms with Crippen LogP contribution in [0.3, 0.4) is 0 Å². The molecule has 1 N–H and O–H groups in total. The van der Waals surface area contributed by atoms with Gasteiger partial charge >= 0.3 is 0 Å². The van der Waals surface area contributed by atoms with Crippen LogP contribution in [0.25, 0.3) is 22.2 Å². The summed E-state index contributed by atoms with van der Waals surface area (Å²) >= 11 is 0. The van der Waals surface area contributed by atoms with Gasteiger partial charge in [0.15, 0.2) is 0 Å².